The second-order valence-electron chi connectivity index (χ2n) is 4.07. The first kappa shape index (κ1) is 12.4. The van der Waals surface area contributed by atoms with Gasteiger partial charge in [-0.25, -0.2) is 0 Å². The van der Waals surface area contributed by atoms with Gasteiger partial charge in [-0.05, 0) is 32.6 Å². The van der Waals surface area contributed by atoms with E-state index in [9.17, 15) is 4.79 Å². The smallest absolute Gasteiger partial charge is 0.120 e. The first-order valence-corrected chi connectivity index (χ1v) is 5.23. The Morgan fingerprint density at radius 3 is 2.54 bits per heavy atom. The number of allylic oxidation sites excluding steroid dienone is 2. The van der Waals surface area contributed by atoms with Crippen molar-refractivity contribution in [2.24, 2.45) is 5.92 Å². The van der Waals surface area contributed by atoms with Crippen molar-refractivity contribution in [3.63, 3.8) is 0 Å². The van der Waals surface area contributed by atoms with Crippen LogP contribution in [0, 0.1) is 5.92 Å². The predicted octanol–water partition coefficient (Wildman–Crippen LogP) is 3.74. The molecule has 1 unspecified atom stereocenters. The summed E-state index contributed by atoms with van der Waals surface area (Å²) in [5.74, 6) is 0.573. The van der Waals surface area contributed by atoms with Crippen molar-refractivity contribution in [2.45, 2.75) is 52.9 Å². The van der Waals surface area contributed by atoms with Gasteiger partial charge in [0.25, 0.3) is 0 Å². The predicted molar refractivity (Wildman–Crippen MR) is 57.7 cm³/mol. The van der Waals surface area contributed by atoms with E-state index in [1.165, 1.54) is 31.3 Å². The van der Waals surface area contributed by atoms with Crippen molar-refractivity contribution in [1.82, 2.24) is 0 Å². The maximum absolute atomic E-state index is 10.2. The summed E-state index contributed by atoms with van der Waals surface area (Å²) in [7, 11) is 0. The lowest BCUT2D eigenvalue weighted by Crippen LogP contribution is -1.94. The van der Waals surface area contributed by atoms with Gasteiger partial charge in [0.1, 0.15) is 6.29 Å². The second-order valence-corrected chi connectivity index (χ2v) is 4.07. The van der Waals surface area contributed by atoms with E-state index in [-0.39, 0.29) is 0 Å². The standard InChI is InChI=1S/C12H22O/c1-11(2)7-5-4-6-8-12(3)9-10-13/h7,10,12H,4-6,8-9H2,1-3H3. The summed E-state index contributed by atoms with van der Waals surface area (Å²) in [4.78, 5) is 10.2. The molecule has 1 atom stereocenters. The maximum atomic E-state index is 10.2. The molecule has 0 aliphatic carbocycles. The van der Waals surface area contributed by atoms with E-state index in [4.69, 9.17) is 0 Å². The molecule has 1 nitrogen and oxygen atoms in total. The molecule has 0 aromatic heterocycles. The van der Waals surface area contributed by atoms with Crippen molar-refractivity contribution in [2.75, 3.05) is 0 Å². The van der Waals surface area contributed by atoms with Crippen LogP contribution in [0.4, 0.5) is 0 Å². The molecule has 0 amide bonds. The number of unbranched alkanes of at least 4 members (excludes halogenated alkanes) is 2. The normalized spacial score (nSPS) is 12.2. The van der Waals surface area contributed by atoms with Crippen molar-refractivity contribution >= 4 is 6.29 Å². The second kappa shape index (κ2) is 8.03. The molecule has 0 aliphatic rings. The van der Waals surface area contributed by atoms with E-state index < -0.39 is 0 Å². The van der Waals surface area contributed by atoms with E-state index in [0.29, 0.717) is 5.92 Å². The number of hydrogen-bond donors (Lipinski definition) is 0. The molecule has 0 heterocycles. The van der Waals surface area contributed by atoms with Crippen LogP contribution < -0.4 is 0 Å². The molecule has 0 spiro atoms. The highest BCUT2D eigenvalue weighted by molar-refractivity contribution is 5.49. The van der Waals surface area contributed by atoms with Gasteiger partial charge in [0.2, 0.25) is 0 Å². The van der Waals surface area contributed by atoms with E-state index in [1.807, 2.05) is 0 Å². The largest absolute Gasteiger partial charge is 0.303 e. The SMILES string of the molecule is CC(C)=CCCCCC(C)CC=O. The Kier molecular flexibility index (Phi) is 7.66. The Hall–Kier alpha value is -0.590. The highest BCUT2D eigenvalue weighted by Crippen LogP contribution is 2.12. The topological polar surface area (TPSA) is 17.1 Å². The number of carbonyl (C=O) groups is 1. The fourth-order valence-corrected chi connectivity index (χ4v) is 1.31. The quantitative estimate of drug-likeness (QED) is 0.333. The summed E-state index contributed by atoms with van der Waals surface area (Å²) in [6.07, 6.45) is 8.92. The van der Waals surface area contributed by atoms with Crippen LogP contribution in [0.5, 0.6) is 0 Å². The van der Waals surface area contributed by atoms with Crippen molar-refractivity contribution in [3.05, 3.63) is 11.6 Å². The number of aldehydes is 1. The molecule has 0 aromatic rings. The summed E-state index contributed by atoms with van der Waals surface area (Å²) in [6.45, 7) is 6.42. The Morgan fingerprint density at radius 2 is 2.00 bits per heavy atom. The zero-order valence-electron chi connectivity index (χ0n) is 9.18. The Labute approximate surface area is 82.2 Å². The van der Waals surface area contributed by atoms with Crippen molar-refractivity contribution < 1.29 is 4.79 Å². The molecule has 1 heteroatoms. The van der Waals surface area contributed by atoms with Crippen LogP contribution in [-0.2, 0) is 4.79 Å². The molecule has 0 saturated heterocycles. The molecule has 0 radical (unpaired) electrons. The van der Waals surface area contributed by atoms with Crippen molar-refractivity contribution in [1.29, 1.82) is 0 Å². The van der Waals surface area contributed by atoms with Gasteiger partial charge in [-0.1, -0.05) is 31.4 Å². The summed E-state index contributed by atoms with van der Waals surface area (Å²) < 4.78 is 0. The van der Waals surface area contributed by atoms with Gasteiger partial charge in [-0.15, -0.1) is 0 Å². The fraction of sp³-hybridized carbons (Fsp3) is 0.750. The lowest BCUT2D eigenvalue weighted by Gasteiger charge is -2.05. The van der Waals surface area contributed by atoms with E-state index in [2.05, 4.69) is 26.8 Å². The average molecular weight is 182 g/mol. The Morgan fingerprint density at radius 1 is 1.31 bits per heavy atom. The molecule has 0 aliphatic heterocycles. The van der Waals surface area contributed by atoms with Gasteiger partial charge in [-0.3, -0.25) is 0 Å². The molecule has 0 N–H and O–H groups in total. The minimum Gasteiger partial charge on any atom is -0.303 e. The van der Waals surface area contributed by atoms with E-state index in [1.54, 1.807) is 0 Å². The molecule has 76 valence electrons. The number of rotatable bonds is 7. The fourth-order valence-electron chi connectivity index (χ4n) is 1.31. The lowest BCUT2D eigenvalue weighted by molar-refractivity contribution is -0.108. The minimum atomic E-state index is 0.573. The molecular weight excluding hydrogens is 160 g/mol. The summed E-state index contributed by atoms with van der Waals surface area (Å²) >= 11 is 0. The first-order valence-electron chi connectivity index (χ1n) is 5.23. The van der Waals surface area contributed by atoms with Crippen LogP contribution in [-0.4, -0.2) is 6.29 Å². The highest BCUT2D eigenvalue weighted by Gasteiger charge is 1.99. The third kappa shape index (κ3) is 9.32. The third-order valence-corrected chi connectivity index (χ3v) is 2.20. The summed E-state index contributed by atoms with van der Waals surface area (Å²) in [5.41, 5.74) is 1.40. The molecule has 13 heavy (non-hydrogen) atoms. The third-order valence-electron chi connectivity index (χ3n) is 2.20. The maximum Gasteiger partial charge on any atom is 0.120 e. The van der Waals surface area contributed by atoms with Gasteiger partial charge in [0, 0.05) is 6.42 Å². The van der Waals surface area contributed by atoms with Gasteiger partial charge in [-0.2, -0.15) is 0 Å². The van der Waals surface area contributed by atoms with E-state index in [0.717, 1.165) is 12.7 Å². The molecular formula is C12H22O. The van der Waals surface area contributed by atoms with Crippen LogP contribution in [0.15, 0.2) is 11.6 Å². The highest BCUT2D eigenvalue weighted by atomic mass is 16.1. The molecule has 0 saturated carbocycles. The number of carbonyl (C=O) groups excluding carboxylic acids is 1. The van der Waals surface area contributed by atoms with Gasteiger partial charge in [0.15, 0.2) is 0 Å². The molecule has 0 bridgehead atoms. The zero-order valence-corrected chi connectivity index (χ0v) is 9.18. The van der Waals surface area contributed by atoms with Crippen LogP contribution in [0.1, 0.15) is 52.9 Å². The van der Waals surface area contributed by atoms with Crippen LogP contribution in [0.25, 0.3) is 0 Å². The Bertz CT molecular complexity index is 155. The molecule has 0 rings (SSSR count). The van der Waals surface area contributed by atoms with Crippen molar-refractivity contribution in [3.8, 4) is 0 Å². The van der Waals surface area contributed by atoms with Gasteiger partial charge >= 0.3 is 0 Å². The molecule has 0 fully saturated rings. The van der Waals surface area contributed by atoms with Crippen LogP contribution in [0.2, 0.25) is 0 Å². The summed E-state index contributed by atoms with van der Waals surface area (Å²) in [5, 5.41) is 0. The summed E-state index contributed by atoms with van der Waals surface area (Å²) in [6, 6.07) is 0. The average Bonchev–Trinajstić information content (AvgIpc) is 2.03. The first-order chi connectivity index (χ1) is 6.16. The van der Waals surface area contributed by atoms with E-state index >= 15 is 0 Å². The minimum absolute atomic E-state index is 0.573. The number of hydrogen-bond acceptors (Lipinski definition) is 1. The monoisotopic (exact) mass is 182 g/mol. The van der Waals surface area contributed by atoms with Crippen LogP contribution >= 0.6 is 0 Å². The van der Waals surface area contributed by atoms with Gasteiger partial charge in [0.05, 0.1) is 0 Å². The Balaban J connectivity index is 3.25. The molecule has 0 aromatic carbocycles. The zero-order chi connectivity index (χ0) is 10.1. The van der Waals surface area contributed by atoms with Crippen LogP contribution in [0.3, 0.4) is 0 Å². The van der Waals surface area contributed by atoms with Gasteiger partial charge < -0.3 is 4.79 Å². The lowest BCUT2D eigenvalue weighted by atomic mass is 10.0.